The number of benzene rings is 1. The molecule has 0 spiro atoms. The molecule has 0 aromatic heterocycles. The van der Waals surface area contributed by atoms with Gasteiger partial charge in [0.05, 0.1) is 12.3 Å². The summed E-state index contributed by atoms with van der Waals surface area (Å²) in [6, 6.07) is 5.87. The summed E-state index contributed by atoms with van der Waals surface area (Å²) in [5, 5.41) is 2.76. The van der Waals surface area contributed by atoms with E-state index in [9.17, 15) is 4.79 Å². The van der Waals surface area contributed by atoms with Crippen molar-refractivity contribution in [3.8, 4) is 5.75 Å². The lowest BCUT2D eigenvalue weighted by atomic mass is 10.1. The second kappa shape index (κ2) is 6.64. The smallest absolute Gasteiger partial charge is 0.221 e. The third-order valence-electron chi connectivity index (χ3n) is 2.17. The quantitative estimate of drug-likeness (QED) is 0.847. The number of hydrogen-bond acceptors (Lipinski definition) is 2. The number of anilines is 1. The SMILES string of the molecule is CCOc1cc(CC(C)Br)ccc1NC(C)=O. The highest BCUT2D eigenvalue weighted by molar-refractivity contribution is 9.09. The summed E-state index contributed by atoms with van der Waals surface area (Å²) < 4.78 is 5.53. The third kappa shape index (κ3) is 4.77. The van der Waals surface area contributed by atoms with Crippen molar-refractivity contribution in [2.24, 2.45) is 0 Å². The fourth-order valence-electron chi connectivity index (χ4n) is 1.59. The maximum Gasteiger partial charge on any atom is 0.221 e. The summed E-state index contributed by atoms with van der Waals surface area (Å²) in [6.45, 7) is 6.10. The van der Waals surface area contributed by atoms with Crippen LogP contribution < -0.4 is 10.1 Å². The minimum absolute atomic E-state index is 0.0902. The molecule has 0 saturated carbocycles. The van der Waals surface area contributed by atoms with Crippen molar-refractivity contribution in [1.29, 1.82) is 0 Å². The fraction of sp³-hybridized carbons (Fsp3) is 0.462. The Hall–Kier alpha value is -1.03. The Kier molecular flexibility index (Phi) is 5.48. The first-order valence-electron chi connectivity index (χ1n) is 5.70. The van der Waals surface area contributed by atoms with Crippen LogP contribution in [0.4, 0.5) is 5.69 Å². The molecule has 0 aliphatic carbocycles. The molecular weight excluding hydrogens is 282 g/mol. The monoisotopic (exact) mass is 299 g/mol. The average Bonchev–Trinajstić information content (AvgIpc) is 2.21. The molecule has 3 nitrogen and oxygen atoms in total. The van der Waals surface area contributed by atoms with Gasteiger partial charge < -0.3 is 10.1 Å². The van der Waals surface area contributed by atoms with Crippen molar-refractivity contribution >= 4 is 27.5 Å². The predicted molar refractivity (Wildman–Crippen MR) is 74.0 cm³/mol. The Morgan fingerprint density at radius 1 is 1.53 bits per heavy atom. The summed E-state index contributed by atoms with van der Waals surface area (Å²) in [5.41, 5.74) is 1.91. The van der Waals surface area contributed by atoms with Gasteiger partial charge in [0.15, 0.2) is 0 Å². The average molecular weight is 300 g/mol. The van der Waals surface area contributed by atoms with E-state index in [1.54, 1.807) is 0 Å². The van der Waals surface area contributed by atoms with Gasteiger partial charge in [0.25, 0.3) is 0 Å². The highest BCUT2D eigenvalue weighted by Crippen LogP contribution is 2.27. The van der Waals surface area contributed by atoms with Gasteiger partial charge >= 0.3 is 0 Å². The van der Waals surface area contributed by atoms with E-state index in [0.29, 0.717) is 11.4 Å². The van der Waals surface area contributed by atoms with Crippen molar-refractivity contribution in [2.45, 2.75) is 32.0 Å². The van der Waals surface area contributed by atoms with Gasteiger partial charge in [-0.3, -0.25) is 4.79 Å². The molecule has 0 bridgehead atoms. The highest BCUT2D eigenvalue weighted by atomic mass is 79.9. The molecule has 0 saturated heterocycles. The van der Waals surface area contributed by atoms with Crippen molar-refractivity contribution in [3.63, 3.8) is 0 Å². The van der Waals surface area contributed by atoms with Crippen LogP contribution in [0.15, 0.2) is 18.2 Å². The first-order chi connectivity index (χ1) is 8.02. The van der Waals surface area contributed by atoms with Gasteiger partial charge in [0.1, 0.15) is 5.75 Å². The Balaban J connectivity index is 2.94. The molecule has 1 rings (SSSR count). The second-order valence-corrected chi connectivity index (χ2v) is 5.49. The molecule has 1 aromatic carbocycles. The molecular formula is C13H18BrNO2. The summed E-state index contributed by atoms with van der Waals surface area (Å²) in [7, 11) is 0. The molecule has 0 heterocycles. The molecule has 1 aromatic rings. The van der Waals surface area contributed by atoms with Crippen LogP contribution in [0.2, 0.25) is 0 Å². The Bertz CT molecular complexity index is 391. The zero-order chi connectivity index (χ0) is 12.8. The Morgan fingerprint density at radius 3 is 2.76 bits per heavy atom. The molecule has 94 valence electrons. The standard InChI is InChI=1S/C13H18BrNO2/c1-4-17-13-8-11(7-9(2)14)5-6-12(13)15-10(3)16/h5-6,8-9H,4,7H2,1-3H3,(H,15,16). The molecule has 0 aliphatic heterocycles. The number of rotatable bonds is 5. The van der Waals surface area contributed by atoms with Crippen molar-refractivity contribution in [3.05, 3.63) is 23.8 Å². The van der Waals surface area contributed by atoms with Gasteiger partial charge in [0, 0.05) is 11.8 Å². The predicted octanol–water partition coefficient (Wildman–Crippen LogP) is 3.37. The number of ether oxygens (including phenoxy) is 1. The summed E-state index contributed by atoms with van der Waals surface area (Å²) in [5.74, 6) is 0.640. The molecule has 0 radical (unpaired) electrons. The fourth-order valence-corrected chi connectivity index (χ4v) is 1.96. The van der Waals surface area contributed by atoms with E-state index >= 15 is 0 Å². The van der Waals surface area contributed by atoms with Gasteiger partial charge in [-0.1, -0.05) is 28.9 Å². The maximum atomic E-state index is 11.1. The van der Waals surface area contributed by atoms with Gasteiger partial charge in [-0.2, -0.15) is 0 Å². The molecule has 0 aliphatic rings. The number of carbonyl (C=O) groups excluding carboxylic acids is 1. The third-order valence-corrected chi connectivity index (χ3v) is 2.50. The first kappa shape index (κ1) is 14.0. The minimum atomic E-state index is -0.0902. The van der Waals surface area contributed by atoms with Crippen LogP contribution in [-0.2, 0) is 11.2 Å². The summed E-state index contributed by atoms with van der Waals surface area (Å²) in [6.07, 6.45) is 0.931. The van der Waals surface area contributed by atoms with E-state index in [-0.39, 0.29) is 5.91 Å². The molecule has 1 atom stereocenters. The van der Waals surface area contributed by atoms with Crippen molar-refractivity contribution in [2.75, 3.05) is 11.9 Å². The van der Waals surface area contributed by atoms with Crippen LogP contribution in [0.3, 0.4) is 0 Å². The number of alkyl halides is 1. The topological polar surface area (TPSA) is 38.3 Å². The van der Waals surface area contributed by atoms with E-state index in [1.165, 1.54) is 12.5 Å². The lowest BCUT2D eigenvalue weighted by Gasteiger charge is -2.13. The van der Waals surface area contributed by atoms with Crippen LogP contribution >= 0.6 is 15.9 Å². The van der Waals surface area contributed by atoms with E-state index in [4.69, 9.17) is 4.74 Å². The van der Waals surface area contributed by atoms with Crippen LogP contribution in [-0.4, -0.2) is 17.3 Å². The number of amides is 1. The lowest BCUT2D eigenvalue weighted by Crippen LogP contribution is -2.08. The molecule has 17 heavy (non-hydrogen) atoms. The number of carbonyl (C=O) groups is 1. The Morgan fingerprint density at radius 2 is 2.24 bits per heavy atom. The van der Waals surface area contributed by atoms with E-state index < -0.39 is 0 Å². The summed E-state index contributed by atoms with van der Waals surface area (Å²) >= 11 is 3.52. The van der Waals surface area contributed by atoms with Crippen LogP contribution in [0.1, 0.15) is 26.3 Å². The minimum Gasteiger partial charge on any atom is -0.492 e. The first-order valence-corrected chi connectivity index (χ1v) is 6.62. The van der Waals surface area contributed by atoms with Gasteiger partial charge in [-0.15, -0.1) is 0 Å². The highest BCUT2D eigenvalue weighted by Gasteiger charge is 2.07. The van der Waals surface area contributed by atoms with Crippen molar-refractivity contribution < 1.29 is 9.53 Å². The van der Waals surface area contributed by atoms with Gasteiger partial charge in [0.2, 0.25) is 5.91 Å². The zero-order valence-corrected chi connectivity index (χ0v) is 12.0. The maximum absolute atomic E-state index is 11.1. The number of nitrogens with one attached hydrogen (secondary N) is 1. The zero-order valence-electron chi connectivity index (χ0n) is 10.4. The van der Waals surface area contributed by atoms with Gasteiger partial charge in [-0.05, 0) is 31.0 Å². The molecule has 1 amide bonds. The van der Waals surface area contributed by atoms with E-state index in [2.05, 4.69) is 28.2 Å². The molecule has 0 fully saturated rings. The normalized spacial score (nSPS) is 12.0. The van der Waals surface area contributed by atoms with Crippen LogP contribution in [0.25, 0.3) is 0 Å². The van der Waals surface area contributed by atoms with E-state index in [1.807, 2.05) is 25.1 Å². The molecule has 4 heteroatoms. The number of halogens is 1. The second-order valence-electron chi connectivity index (χ2n) is 3.93. The largest absolute Gasteiger partial charge is 0.492 e. The van der Waals surface area contributed by atoms with Crippen LogP contribution in [0, 0.1) is 0 Å². The molecule has 1 N–H and O–H groups in total. The molecule has 1 unspecified atom stereocenters. The van der Waals surface area contributed by atoms with Gasteiger partial charge in [-0.25, -0.2) is 0 Å². The Labute approximate surface area is 111 Å². The van der Waals surface area contributed by atoms with E-state index in [0.717, 1.165) is 17.9 Å². The van der Waals surface area contributed by atoms with Crippen molar-refractivity contribution in [1.82, 2.24) is 0 Å². The van der Waals surface area contributed by atoms with Crippen LogP contribution in [0.5, 0.6) is 5.75 Å². The number of hydrogen-bond donors (Lipinski definition) is 1. The summed E-state index contributed by atoms with van der Waals surface area (Å²) in [4.78, 5) is 11.5. The lowest BCUT2D eigenvalue weighted by molar-refractivity contribution is -0.114.